The molecule has 1 atom stereocenters. The molecule has 25 heavy (non-hydrogen) atoms. The zero-order valence-corrected chi connectivity index (χ0v) is 15.5. The van der Waals surface area contributed by atoms with Crippen molar-refractivity contribution in [3.63, 3.8) is 0 Å². The van der Waals surface area contributed by atoms with Crippen molar-refractivity contribution in [2.45, 2.75) is 24.5 Å². The van der Waals surface area contributed by atoms with Crippen molar-refractivity contribution < 1.29 is 9.35 Å². The molecular weight excluding hydrogens is 334 g/mol. The Morgan fingerprint density at radius 1 is 1.24 bits per heavy atom. The van der Waals surface area contributed by atoms with E-state index >= 15 is 0 Å². The second kappa shape index (κ2) is 6.90. The first kappa shape index (κ1) is 17.5. The van der Waals surface area contributed by atoms with Gasteiger partial charge in [-0.25, -0.2) is 4.99 Å². The summed E-state index contributed by atoms with van der Waals surface area (Å²) in [5.74, 6) is 0.174. The van der Waals surface area contributed by atoms with E-state index in [-0.39, 0.29) is 5.91 Å². The van der Waals surface area contributed by atoms with Crippen LogP contribution in [-0.4, -0.2) is 35.3 Å². The third-order valence-corrected chi connectivity index (χ3v) is 6.59. The Kier molecular flexibility index (Phi) is 4.83. The fraction of sp³-hybridized carbons (Fsp3) is 0.263. The quantitative estimate of drug-likeness (QED) is 0.625. The first-order valence-corrected chi connectivity index (χ1v) is 9.97. The standard InChI is InChI=1S/C19H23N3O2S/c1-4-22(3)13-20-16-9-10-18-17(11-16)19(23)21-25(18,24)12-15-7-5-14(2)6-8-15/h5-11,13,24H,4,12H2,1-3H3,(H,21,23). The van der Waals surface area contributed by atoms with Crippen LogP contribution in [0.4, 0.5) is 5.69 Å². The van der Waals surface area contributed by atoms with Crippen LogP contribution in [0.3, 0.4) is 0 Å². The molecule has 1 heterocycles. The summed E-state index contributed by atoms with van der Waals surface area (Å²) in [6.07, 6.45) is 1.74. The average molecular weight is 357 g/mol. The van der Waals surface area contributed by atoms with Crippen LogP contribution >= 0.6 is 10.5 Å². The third-order valence-electron chi connectivity index (χ3n) is 4.23. The van der Waals surface area contributed by atoms with Gasteiger partial charge in [-0.3, -0.25) is 9.52 Å². The lowest BCUT2D eigenvalue weighted by atomic mass is 10.2. The van der Waals surface area contributed by atoms with Crippen LogP contribution in [0.25, 0.3) is 0 Å². The molecule has 2 aromatic carbocycles. The maximum atomic E-state index is 12.4. The summed E-state index contributed by atoms with van der Waals surface area (Å²) >= 11 is 0. The van der Waals surface area contributed by atoms with Crippen LogP contribution in [-0.2, 0) is 5.75 Å². The summed E-state index contributed by atoms with van der Waals surface area (Å²) < 4.78 is 13.9. The number of amides is 1. The van der Waals surface area contributed by atoms with Gasteiger partial charge in [-0.15, -0.1) is 0 Å². The Balaban J connectivity index is 1.88. The molecule has 0 spiro atoms. The van der Waals surface area contributed by atoms with Crippen molar-refractivity contribution in [2.75, 3.05) is 13.6 Å². The third kappa shape index (κ3) is 3.70. The second-order valence-electron chi connectivity index (χ2n) is 6.26. The van der Waals surface area contributed by atoms with Gasteiger partial charge in [0.25, 0.3) is 5.91 Å². The molecule has 0 saturated carbocycles. The van der Waals surface area contributed by atoms with Crippen LogP contribution in [0.5, 0.6) is 0 Å². The Morgan fingerprint density at radius 3 is 2.64 bits per heavy atom. The van der Waals surface area contributed by atoms with Crippen molar-refractivity contribution in [2.24, 2.45) is 4.99 Å². The molecule has 0 aromatic heterocycles. The number of carbonyl (C=O) groups excluding carboxylic acids is 1. The van der Waals surface area contributed by atoms with Gasteiger partial charge in [0, 0.05) is 24.2 Å². The highest BCUT2D eigenvalue weighted by atomic mass is 32.3. The predicted octanol–water partition coefficient (Wildman–Crippen LogP) is 4.10. The predicted molar refractivity (Wildman–Crippen MR) is 104 cm³/mol. The van der Waals surface area contributed by atoms with Gasteiger partial charge in [-0.1, -0.05) is 29.8 Å². The smallest absolute Gasteiger partial charge is 0.262 e. The van der Waals surface area contributed by atoms with E-state index in [1.807, 2.05) is 62.2 Å². The van der Waals surface area contributed by atoms with Gasteiger partial charge in [0.1, 0.15) is 0 Å². The van der Waals surface area contributed by atoms with Crippen LogP contribution < -0.4 is 4.72 Å². The van der Waals surface area contributed by atoms with Gasteiger partial charge in [-0.2, -0.15) is 0 Å². The minimum atomic E-state index is -2.39. The van der Waals surface area contributed by atoms with Gasteiger partial charge in [0.15, 0.2) is 0 Å². The first-order valence-electron chi connectivity index (χ1n) is 8.21. The molecule has 2 N–H and O–H groups in total. The summed E-state index contributed by atoms with van der Waals surface area (Å²) in [4.78, 5) is 19.4. The summed E-state index contributed by atoms with van der Waals surface area (Å²) in [5.41, 5.74) is 3.38. The second-order valence-corrected chi connectivity index (χ2v) is 8.60. The number of nitrogens with one attached hydrogen (secondary N) is 1. The van der Waals surface area contributed by atoms with Gasteiger partial charge in [-0.05, 0) is 48.1 Å². The summed E-state index contributed by atoms with van der Waals surface area (Å²) in [6.45, 7) is 4.92. The number of aryl methyl sites for hydroxylation is 1. The van der Waals surface area contributed by atoms with Crippen molar-refractivity contribution in [3.05, 3.63) is 59.2 Å². The molecule has 6 heteroatoms. The molecule has 0 aliphatic carbocycles. The number of aliphatic imine (C=N–C) groups is 1. The van der Waals surface area contributed by atoms with Crippen LogP contribution in [0, 0.1) is 6.92 Å². The minimum absolute atomic E-state index is 0.236. The molecule has 0 fully saturated rings. The van der Waals surface area contributed by atoms with Crippen molar-refractivity contribution >= 4 is 28.4 Å². The van der Waals surface area contributed by atoms with Crippen LogP contribution in [0.1, 0.15) is 28.4 Å². The van der Waals surface area contributed by atoms with Crippen molar-refractivity contribution in [3.8, 4) is 0 Å². The van der Waals surface area contributed by atoms with Crippen molar-refractivity contribution in [1.82, 2.24) is 9.62 Å². The van der Waals surface area contributed by atoms with E-state index in [1.165, 1.54) is 5.56 Å². The molecular formula is C19H23N3O2S. The van der Waals surface area contributed by atoms with Gasteiger partial charge >= 0.3 is 0 Å². The number of benzene rings is 2. The number of hydrogen-bond donors (Lipinski definition) is 2. The minimum Gasteiger partial charge on any atom is -0.366 e. The molecule has 0 bridgehead atoms. The number of hydrogen-bond acceptors (Lipinski definition) is 3. The Hall–Kier alpha value is -2.31. The van der Waals surface area contributed by atoms with Gasteiger partial charge < -0.3 is 9.45 Å². The van der Waals surface area contributed by atoms with Gasteiger partial charge in [0.05, 0.1) is 17.6 Å². The lowest BCUT2D eigenvalue weighted by Crippen LogP contribution is -2.20. The van der Waals surface area contributed by atoms with Crippen molar-refractivity contribution in [1.29, 1.82) is 0 Å². The van der Waals surface area contributed by atoms with E-state index in [0.717, 1.165) is 12.1 Å². The monoisotopic (exact) mass is 357 g/mol. The van der Waals surface area contributed by atoms with Gasteiger partial charge in [0.2, 0.25) is 0 Å². The first-order chi connectivity index (χ1) is 11.9. The molecule has 2 aromatic rings. The van der Waals surface area contributed by atoms with E-state index in [2.05, 4.69) is 9.71 Å². The Labute approximate surface area is 150 Å². The number of carbonyl (C=O) groups is 1. The topological polar surface area (TPSA) is 64.9 Å². The molecule has 0 radical (unpaired) electrons. The number of fused-ring (bicyclic) bond motifs is 1. The van der Waals surface area contributed by atoms with Crippen LogP contribution in [0.15, 0.2) is 52.4 Å². The Morgan fingerprint density at radius 2 is 1.96 bits per heavy atom. The molecule has 1 amide bonds. The fourth-order valence-corrected chi connectivity index (χ4v) is 4.86. The molecule has 1 aliphatic rings. The fourth-order valence-electron chi connectivity index (χ4n) is 2.62. The van der Waals surface area contributed by atoms with E-state index in [9.17, 15) is 9.35 Å². The zero-order chi connectivity index (χ0) is 18.0. The van der Waals surface area contributed by atoms with Crippen LogP contribution in [0.2, 0.25) is 0 Å². The van der Waals surface area contributed by atoms with E-state index < -0.39 is 10.5 Å². The highest BCUT2D eigenvalue weighted by Gasteiger charge is 2.37. The van der Waals surface area contributed by atoms with E-state index in [0.29, 0.717) is 21.9 Å². The maximum absolute atomic E-state index is 12.4. The Bertz CT molecular complexity index is 820. The normalized spacial score (nSPS) is 21.7. The molecule has 1 unspecified atom stereocenters. The molecule has 0 saturated heterocycles. The number of nitrogens with zero attached hydrogens (tertiary/aromatic N) is 2. The SMILES string of the molecule is CCN(C)C=Nc1ccc2c(c1)C(=O)NS2(O)Cc1ccc(C)cc1. The molecule has 132 valence electrons. The lowest BCUT2D eigenvalue weighted by Gasteiger charge is -2.29. The molecule has 1 aliphatic heterocycles. The average Bonchev–Trinajstić information content (AvgIpc) is 2.85. The van der Waals surface area contributed by atoms with E-state index in [4.69, 9.17) is 0 Å². The highest BCUT2D eigenvalue weighted by molar-refractivity contribution is 8.27. The summed E-state index contributed by atoms with van der Waals surface area (Å²) in [7, 11) is -0.454. The number of rotatable bonds is 5. The molecule has 3 rings (SSSR count). The largest absolute Gasteiger partial charge is 0.366 e. The lowest BCUT2D eigenvalue weighted by molar-refractivity contribution is 0.0985. The van der Waals surface area contributed by atoms with E-state index in [1.54, 1.807) is 12.4 Å². The highest BCUT2D eigenvalue weighted by Crippen LogP contribution is 2.56. The summed E-state index contributed by atoms with van der Waals surface area (Å²) in [5, 5.41) is 0. The maximum Gasteiger partial charge on any atom is 0.262 e. The zero-order valence-electron chi connectivity index (χ0n) is 14.7. The molecule has 5 nitrogen and oxygen atoms in total. The summed E-state index contributed by atoms with van der Waals surface area (Å²) in [6, 6.07) is 13.4.